The van der Waals surface area contributed by atoms with Gasteiger partial charge < -0.3 is 10.4 Å². The Morgan fingerprint density at radius 3 is 2.71 bits per heavy atom. The van der Waals surface area contributed by atoms with Crippen LogP contribution in [0, 0.1) is 18.8 Å². The van der Waals surface area contributed by atoms with E-state index in [4.69, 9.17) is 0 Å². The zero-order valence-corrected chi connectivity index (χ0v) is 10.3. The molecule has 2 aliphatic heterocycles. The number of likely N-dealkylation sites (tertiary alicyclic amines) is 1. The molecule has 2 N–H and O–H groups in total. The summed E-state index contributed by atoms with van der Waals surface area (Å²) in [6, 6.07) is 5.87. The van der Waals surface area contributed by atoms with E-state index in [9.17, 15) is 5.11 Å². The number of hydrogen-bond donors (Lipinski definition) is 2. The minimum Gasteiger partial charge on any atom is -0.508 e. The fraction of sp³-hybridized carbons (Fsp3) is 0.571. The van der Waals surface area contributed by atoms with Gasteiger partial charge in [-0.15, -0.1) is 0 Å². The summed E-state index contributed by atoms with van der Waals surface area (Å²) in [5.74, 6) is 2.08. The minimum atomic E-state index is 0.436. The van der Waals surface area contributed by atoms with Crippen LogP contribution in [-0.2, 0) is 6.54 Å². The van der Waals surface area contributed by atoms with Crippen molar-refractivity contribution in [3.63, 3.8) is 0 Å². The van der Waals surface area contributed by atoms with E-state index in [1.165, 1.54) is 31.7 Å². The van der Waals surface area contributed by atoms with Gasteiger partial charge in [0.25, 0.3) is 0 Å². The minimum absolute atomic E-state index is 0.436. The third kappa shape index (κ3) is 2.17. The third-order valence-electron chi connectivity index (χ3n) is 4.09. The van der Waals surface area contributed by atoms with Crippen LogP contribution in [0.4, 0.5) is 0 Å². The summed E-state index contributed by atoms with van der Waals surface area (Å²) in [4.78, 5) is 2.48. The van der Waals surface area contributed by atoms with Crippen molar-refractivity contribution < 1.29 is 5.11 Å². The zero-order valence-electron chi connectivity index (χ0n) is 10.3. The highest BCUT2D eigenvalue weighted by atomic mass is 16.3. The van der Waals surface area contributed by atoms with E-state index in [-0.39, 0.29) is 0 Å². The lowest BCUT2D eigenvalue weighted by atomic mass is 10.0. The van der Waals surface area contributed by atoms with Crippen LogP contribution in [0.1, 0.15) is 11.1 Å². The number of aromatic hydroxyl groups is 1. The van der Waals surface area contributed by atoms with E-state index in [0.29, 0.717) is 5.75 Å². The fourth-order valence-corrected chi connectivity index (χ4v) is 3.16. The molecule has 0 radical (unpaired) electrons. The van der Waals surface area contributed by atoms with Gasteiger partial charge in [-0.1, -0.05) is 17.7 Å². The first-order chi connectivity index (χ1) is 8.22. The lowest BCUT2D eigenvalue weighted by molar-refractivity contribution is 0.300. The second-order valence-electron chi connectivity index (χ2n) is 5.50. The van der Waals surface area contributed by atoms with E-state index in [1.807, 2.05) is 12.1 Å². The van der Waals surface area contributed by atoms with E-state index in [2.05, 4.69) is 23.2 Å². The van der Waals surface area contributed by atoms with Crippen LogP contribution >= 0.6 is 0 Å². The van der Waals surface area contributed by atoms with Crippen LogP contribution < -0.4 is 5.32 Å². The van der Waals surface area contributed by atoms with E-state index < -0.39 is 0 Å². The van der Waals surface area contributed by atoms with Crippen LogP contribution in [0.2, 0.25) is 0 Å². The average molecular weight is 232 g/mol. The molecule has 0 aliphatic carbocycles. The molecule has 17 heavy (non-hydrogen) atoms. The fourth-order valence-electron chi connectivity index (χ4n) is 3.16. The molecule has 2 fully saturated rings. The van der Waals surface area contributed by atoms with Crippen molar-refractivity contribution in [3.8, 4) is 5.75 Å². The molecule has 3 nitrogen and oxygen atoms in total. The first-order valence-corrected chi connectivity index (χ1v) is 6.44. The van der Waals surface area contributed by atoms with Gasteiger partial charge in [0.15, 0.2) is 0 Å². The van der Waals surface area contributed by atoms with E-state index in [1.54, 1.807) is 0 Å². The number of nitrogens with zero attached hydrogens (tertiary/aromatic N) is 1. The van der Waals surface area contributed by atoms with Gasteiger partial charge in [0.2, 0.25) is 0 Å². The first-order valence-electron chi connectivity index (χ1n) is 6.44. The van der Waals surface area contributed by atoms with Gasteiger partial charge in [0.05, 0.1) is 0 Å². The summed E-state index contributed by atoms with van der Waals surface area (Å²) in [6.45, 7) is 7.64. The highest BCUT2D eigenvalue weighted by Gasteiger charge is 2.35. The molecular weight excluding hydrogens is 212 g/mol. The maximum absolute atomic E-state index is 9.86. The molecule has 2 atom stereocenters. The number of hydrogen-bond acceptors (Lipinski definition) is 3. The number of phenolic OH excluding ortho intramolecular Hbond substituents is 1. The van der Waals surface area contributed by atoms with E-state index >= 15 is 0 Å². The number of fused-ring (bicyclic) bond motifs is 1. The summed E-state index contributed by atoms with van der Waals surface area (Å²) in [7, 11) is 0. The highest BCUT2D eigenvalue weighted by molar-refractivity contribution is 5.35. The molecule has 2 unspecified atom stereocenters. The Bertz CT molecular complexity index is 407. The lowest BCUT2D eigenvalue weighted by Gasteiger charge is -2.18. The van der Waals surface area contributed by atoms with Crippen molar-refractivity contribution in [2.24, 2.45) is 11.8 Å². The van der Waals surface area contributed by atoms with Crippen molar-refractivity contribution in [2.75, 3.05) is 26.2 Å². The van der Waals surface area contributed by atoms with Crippen LogP contribution in [0.25, 0.3) is 0 Å². The lowest BCUT2D eigenvalue weighted by Crippen LogP contribution is -2.25. The first kappa shape index (κ1) is 11.1. The molecule has 0 aromatic heterocycles. The molecule has 0 spiro atoms. The average Bonchev–Trinajstić information content (AvgIpc) is 2.83. The zero-order chi connectivity index (χ0) is 11.8. The van der Waals surface area contributed by atoms with Gasteiger partial charge in [0, 0.05) is 25.2 Å². The summed E-state index contributed by atoms with van der Waals surface area (Å²) in [5.41, 5.74) is 2.29. The second kappa shape index (κ2) is 4.31. The van der Waals surface area contributed by atoms with Gasteiger partial charge in [-0.25, -0.2) is 0 Å². The Kier molecular flexibility index (Phi) is 2.81. The Morgan fingerprint density at radius 1 is 1.29 bits per heavy atom. The largest absolute Gasteiger partial charge is 0.508 e. The number of rotatable bonds is 2. The molecular formula is C14H20N2O. The molecule has 92 valence electrons. The molecule has 3 rings (SSSR count). The summed E-state index contributed by atoms with van der Waals surface area (Å²) >= 11 is 0. The van der Waals surface area contributed by atoms with Crippen molar-refractivity contribution in [1.29, 1.82) is 0 Å². The molecule has 2 heterocycles. The van der Waals surface area contributed by atoms with Crippen molar-refractivity contribution in [1.82, 2.24) is 10.2 Å². The summed E-state index contributed by atoms with van der Waals surface area (Å²) in [6.07, 6.45) is 0. The summed E-state index contributed by atoms with van der Waals surface area (Å²) < 4.78 is 0. The van der Waals surface area contributed by atoms with E-state index in [0.717, 1.165) is 23.9 Å². The topological polar surface area (TPSA) is 35.5 Å². The van der Waals surface area contributed by atoms with Crippen molar-refractivity contribution >= 4 is 0 Å². The summed E-state index contributed by atoms with van der Waals surface area (Å²) in [5, 5.41) is 13.3. The number of nitrogens with one attached hydrogen (secondary N) is 1. The quantitative estimate of drug-likeness (QED) is 0.808. The normalized spacial score (nSPS) is 28.5. The molecule has 1 aromatic carbocycles. The van der Waals surface area contributed by atoms with Gasteiger partial charge in [-0.3, -0.25) is 4.90 Å². The second-order valence-corrected chi connectivity index (χ2v) is 5.50. The van der Waals surface area contributed by atoms with Gasteiger partial charge in [0.1, 0.15) is 5.75 Å². The Labute approximate surface area is 102 Å². The smallest absolute Gasteiger partial charge is 0.120 e. The van der Waals surface area contributed by atoms with Crippen LogP contribution in [-0.4, -0.2) is 36.2 Å². The Morgan fingerprint density at radius 2 is 2.00 bits per heavy atom. The predicted molar refractivity (Wildman–Crippen MR) is 68.0 cm³/mol. The van der Waals surface area contributed by atoms with Crippen molar-refractivity contribution in [3.05, 3.63) is 29.3 Å². The molecule has 2 aliphatic rings. The van der Waals surface area contributed by atoms with Crippen LogP contribution in [0.15, 0.2) is 18.2 Å². The van der Waals surface area contributed by atoms with Gasteiger partial charge >= 0.3 is 0 Å². The monoisotopic (exact) mass is 232 g/mol. The van der Waals surface area contributed by atoms with Gasteiger partial charge in [-0.05, 0) is 37.9 Å². The number of benzene rings is 1. The molecule has 0 amide bonds. The standard InChI is InChI=1S/C14H20N2O/c1-10-2-3-14(17)11(4-10)7-16-8-12-5-15-6-13(12)9-16/h2-4,12-13,15,17H,5-9H2,1H3. The van der Waals surface area contributed by atoms with Gasteiger partial charge in [-0.2, -0.15) is 0 Å². The molecule has 1 aromatic rings. The molecule has 3 heteroatoms. The Balaban J connectivity index is 1.69. The maximum atomic E-state index is 9.86. The molecule has 2 saturated heterocycles. The van der Waals surface area contributed by atoms with Crippen LogP contribution in [0.5, 0.6) is 5.75 Å². The number of phenols is 1. The van der Waals surface area contributed by atoms with Crippen LogP contribution in [0.3, 0.4) is 0 Å². The number of aryl methyl sites for hydroxylation is 1. The Hall–Kier alpha value is -1.06. The molecule has 0 bridgehead atoms. The third-order valence-corrected chi connectivity index (χ3v) is 4.09. The molecule has 0 saturated carbocycles. The highest BCUT2D eigenvalue weighted by Crippen LogP contribution is 2.29. The predicted octanol–water partition coefficient (Wildman–Crippen LogP) is 1.35. The SMILES string of the molecule is Cc1ccc(O)c(CN2CC3CNCC3C2)c1. The van der Waals surface area contributed by atoms with Crippen molar-refractivity contribution in [2.45, 2.75) is 13.5 Å². The maximum Gasteiger partial charge on any atom is 0.120 e.